The Hall–Kier alpha value is -1.91. The van der Waals surface area contributed by atoms with Crippen molar-refractivity contribution in [3.05, 3.63) is 35.6 Å². The van der Waals surface area contributed by atoms with Crippen molar-refractivity contribution in [1.82, 2.24) is 10.6 Å². The number of hydrogen-bond donors (Lipinski definition) is 2. The Morgan fingerprint density at radius 1 is 0.852 bits per heavy atom. The lowest BCUT2D eigenvalue weighted by Crippen LogP contribution is -2.41. The third-order valence-corrected chi connectivity index (χ3v) is 6.08. The first-order chi connectivity index (χ1) is 13.1. The van der Waals surface area contributed by atoms with Gasteiger partial charge in [0, 0.05) is 30.0 Å². The fourth-order valence-corrected chi connectivity index (χ4v) is 4.33. The second-order valence-corrected chi connectivity index (χ2v) is 8.05. The molecule has 0 radical (unpaired) electrons. The number of carbonyl (C=O) groups is 2. The average molecular weight is 375 g/mol. The van der Waals surface area contributed by atoms with Gasteiger partial charge in [-0.25, -0.2) is 4.39 Å². The number of amides is 2. The lowest BCUT2D eigenvalue weighted by atomic mass is 9.81. The van der Waals surface area contributed by atoms with Crippen LogP contribution in [0.25, 0.3) is 0 Å². The van der Waals surface area contributed by atoms with Crippen LogP contribution < -0.4 is 10.6 Å². The minimum Gasteiger partial charge on any atom is -0.353 e. The number of benzene rings is 1. The summed E-state index contributed by atoms with van der Waals surface area (Å²) in [5.41, 5.74) is 0.502. The van der Waals surface area contributed by atoms with Crippen molar-refractivity contribution < 1.29 is 14.0 Å². The summed E-state index contributed by atoms with van der Waals surface area (Å²) < 4.78 is 13.6. The van der Waals surface area contributed by atoms with Crippen LogP contribution >= 0.6 is 0 Å². The fraction of sp³-hybridized carbons (Fsp3) is 0.636. The van der Waals surface area contributed by atoms with Crippen molar-refractivity contribution in [2.45, 2.75) is 76.8 Å². The molecule has 2 saturated carbocycles. The summed E-state index contributed by atoms with van der Waals surface area (Å²) in [6, 6.07) is 6.83. The molecule has 0 heterocycles. The van der Waals surface area contributed by atoms with Gasteiger partial charge in [-0.2, -0.15) is 0 Å². The van der Waals surface area contributed by atoms with Gasteiger partial charge in [0.25, 0.3) is 0 Å². The van der Waals surface area contributed by atoms with Crippen LogP contribution in [0.15, 0.2) is 24.3 Å². The van der Waals surface area contributed by atoms with Crippen LogP contribution in [0.2, 0.25) is 0 Å². The van der Waals surface area contributed by atoms with Gasteiger partial charge >= 0.3 is 0 Å². The highest BCUT2D eigenvalue weighted by atomic mass is 19.1. The first kappa shape index (κ1) is 19.8. The second kappa shape index (κ2) is 9.86. The molecule has 0 aromatic heterocycles. The summed E-state index contributed by atoms with van der Waals surface area (Å²) in [6.07, 6.45) is 10.1. The van der Waals surface area contributed by atoms with Crippen molar-refractivity contribution in [1.29, 1.82) is 0 Å². The van der Waals surface area contributed by atoms with Gasteiger partial charge in [-0.3, -0.25) is 9.59 Å². The highest BCUT2D eigenvalue weighted by Gasteiger charge is 2.30. The second-order valence-electron chi connectivity index (χ2n) is 8.05. The third-order valence-electron chi connectivity index (χ3n) is 6.08. The normalized spacial score (nSPS) is 24.0. The lowest BCUT2D eigenvalue weighted by Gasteiger charge is -2.28. The zero-order valence-corrected chi connectivity index (χ0v) is 16.0. The molecule has 2 N–H and O–H groups in total. The Bertz CT molecular complexity index is 633. The molecule has 2 fully saturated rings. The number of hydrogen-bond acceptors (Lipinski definition) is 2. The fourth-order valence-electron chi connectivity index (χ4n) is 4.33. The van der Waals surface area contributed by atoms with Gasteiger partial charge in [0.05, 0.1) is 0 Å². The van der Waals surface area contributed by atoms with E-state index in [9.17, 15) is 14.0 Å². The van der Waals surface area contributed by atoms with Crippen LogP contribution in [0.3, 0.4) is 0 Å². The van der Waals surface area contributed by atoms with Crippen molar-refractivity contribution in [2.75, 3.05) is 0 Å². The van der Waals surface area contributed by atoms with Crippen molar-refractivity contribution in [3.63, 3.8) is 0 Å². The van der Waals surface area contributed by atoms with E-state index < -0.39 is 0 Å². The predicted molar refractivity (Wildman–Crippen MR) is 103 cm³/mol. The van der Waals surface area contributed by atoms with E-state index in [-0.39, 0.29) is 36.0 Å². The zero-order chi connectivity index (χ0) is 19.1. The Labute approximate surface area is 161 Å². The highest BCUT2D eigenvalue weighted by molar-refractivity contribution is 5.81. The Kier molecular flexibility index (Phi) is 7.25. The zero-order valence-electron chi connectivity index (χ0n) is 16.0. The van der Waals surface area contributed by atoms with E-state index in [1.165, 1.54) is 31.7 Å². The largest absolute Gasteiger partial charge is 0.353 e. The predicted octanol–water partition coefficient (Wildman–Crippen LogP) is 4.09. The maximum Gasteiger partial charge on any atom is 0.223 e. The molecule has 1 aromatic rings. The molecule has 4 nitrogen and oxygen atoms in total. The molecule has 0 spiro atoms. The van der Waals surface area contributed by atoms with Gasteiger partial charge in [0.2, 0.25) is 11.8 Å². The maximum atomic E-state index is 13.6. The van der Waals surface area contributed by atoms with E-state index in [1.54, 1.807) is 18.2 Å². The van der Waals surface area contributed by atoms with Crippen molar-refractivity contribution in [3.8, 4) is 0 Å². The molecule has 0 aliphatic heterocycles. The van der Waals surface area contributed by atoms with E-state index in [0.29, 0.717) is 11.6 Å². The van der Waals surface area contributed by atoms with Gasteiger partial charge < -0.3 is 10.6 Å². The third kappa shape index (κ3) is 5.78. The van der Waals surface area contributed by atoms with Crippen LogP contribution in [-0.4, -0.2) is 17.9 Å². The molecule has 2 amide bonds. The molecule has 0 atom stereocenters. The summed E-state index contributed by atoms with van der Waals surface area (Å²) in [6.45, 7) is 0.216. The quantitative estimate of drug-likeness (QED) is 0.763. The number of halogens is 1. The van der Waals surface area contributed by atoms with Crippen molar-refractivity contribution >= 4 is 11.8 Å². The van der Waals surface area contributed by atoms with Gasteiger partial charge in [-0.05, 0) is 44.6 Å². The van der Waals surface area contributed by atoms with Gasteiger partial charge in [0.1, 0.15) is 5.82 Å². The first-order valence-corrected chi connectivity index (χ1v) is 10.4. The summed E-state index contributed by atoms with van der Waals surface area (Å²) in [4.78, 5) is 24.9. The molecular weight excluding hydrogens is 343 g/mol. The molecule has 148 valence electrons. The molecule has 2 aliphatic carbocycles. The molecule has 2 aliphatic rings. The van der Waals surface area contributed by atoms with E-state index in [4.69, 9.17) is 0 Å². The smallest absolute Gasteiger partial charge is 0.223 e. The maximum absolute atomic E-state index is 13.6. The Morgan fingerprint density at radius 2 is 1.44 bits per heavy atom. The van der Waals surface area contributed by atoms with Crippen molar-refractivity contribution in [2.24, 2.45) is 11.8 Å². The molecule has 0 saturated heterocycles. The van der Waals surface area contributed by atoms with E-state index in [1.807, 2.05) is 0 Å². The van der Waals surface area contributed by atoms with Crippen LogP contribution in [0, 0.1) is 17.7 Å². The molecule has 1 aromatic carbocycles. The molecular formula is C22H31FN2O2. The van der Waals surface area contributed by atoms with Gasteiger partial charge in [-0.1, -0.05) is 43.9 Å². The highest BCUT2D eigenvalue weighted by Crippen LogP contribution is 2.29. The molecule has 27 heavy (non-hydrogen) atoms. The summed E-state index contributed by atoms with van der Waals surface area (Å²) in [5, 5.41) is 6.09. The SMILES string of the molecule is O=C(NCc1ccccc1F)C1CCC(C(=O)NC2CCCCCC2)CC1. The van der Waals surface area contributed by atoms with E-state index in [0.717, 1.165) is 38.5 Å². The molecule has 0 unspecified atom stereocenters. The van der Waals surface area contributed by atoms with Gasteiger partial charge in [-0.15, -0.1) is 0 Å². The van der Waals surface area contributed by atoms with Crippen LogP contribution in [-0.2, 0) is 16.1 Å². The van der Waals surface area contributed by atoms with Crippen LogP contribution in [0.5, 0.6) is 0 Å². The summed E-state index contributed by atoms with van der Waals surface area (Å²) in [5.74, 6) is -0.188. The minimum atomic E-state index is -0.295. The topological polar surface area (TPSA) is 58.2 Å². The average Bonchev–Trinajstić information content (AvgIpc) is 2.96. The Balaban J connectivity index is 1.40. The lowest BCUT2D eigenvalue weighted by molar-refractivity contribution is -0.131. The molecule has 3 rings (SSSR count). The Morgan fingerprint density at radius 3 is 2.07 bits per heavy atom. The van der Waals surface area contributed by atoms with E-state index >= 15 is 0 Å². The number of nitrogens with one attached hydrogen (secondary N) is 2. The summed E-state index contributed by atoms with van der Waals surface area (Å²) in [7, 11) is 0. The van der Waals surface area contributed by atoms with Gasteiger partial charge in [0.15, 0.2) is 0 Å². The standard InChI is InChI=1S/C22H31FN2O2/c23-20-10-6-5-7-18(20)15-24-21(26)16-11-13-17(14-12-16)22(27)25-19-8-3-1-2-4-9-19/h5-7,10,16-17,19H,1-4,8-9,11-15H2,(H,24,26)(H,25,27). The molecule has 5 heteroatoms. The van der Waals surface area contributed by atoms with Crippen LogP contribution in [0.4, 0.5) is 4.39 Å². The minimum absolute atomic E-state index is 0.0270. The van der Waals surface area contributed by atoms with Crippen LogP contribution in [0.1, 0.15) is 69.8 Å². The number of carbonyl (C=O) groups excluding carboxylic acids is 2. The monoisotopic (exact) mass is 374 g/mol. The van der Waals surface area contributed by atoms with E-state index in [2.05, 4.69) is 10.6 Å². The number of rotatable bonds is 5. The summed E-state index contributed by atoms with van der Waals surface area (Å²) >= 11 is 0. The first-order valence-electron chi connectivity index (χ1n) is 10.4. The molecule has 0 bridgehead atoms.